The number of anilines is 2. The van der Waals surface area contributed by atoms with Gasteiger partial charge in [-0.1, -0.05) is 6.07 Å². The normalized spacial score (nSPS) is 19.3. The van der Waals surface area contributed by atoms with Gasteiger partial charge in [-0.15, -0.1) is 20.5 Å². The van der Waals surface area contributed by atoms with Gasteiger partial charge in [0.2, 0.25) is 11.8 Å². The number of fused-ring (bicyclic) bond motifs is 1. The number of unbranched alkanes of at least 4 members (excludes halogenated alkanes) is 1. The molecule has 4 aliphatic rings. The lowest BCUT2D eigenvalue weighted by Crippen LogP contribution is -2.54. The molecular formula is C42H44ClF2N9O6S. The number of aromatic amines is 1. The first-order chi connectivity index (χ1) is 29.4. The van der Waals surface area contributed by atoms with E-state index in [9.17, 15) is 32.8 Å². The van der Waals surface area contributed by atoms with Crippen LogP contribution >= 0.6 is 23.4 Å². The van der Waals surface area contributed by atoms with Crippen LogP contribution in [-0.2, 0) is 9.59 Å². The molecule has 61 heavy (non-hydrogen) atoms. The van der Waals surface area contributed by atoms with Crippen molar-refractivity contribution in [2.45, 2.75) is 61.1 Å². The molecular weight excluding hydrogens is 832 g/mol. The van der Waals surface area contributed by atoms with Gasteiger partial charge in [-0.3, -0.25) is 44.2 Å². The third-order valence-corrected chi connectivity index (χ3v) is 12.7. The van der Waals surface area contributed by atoms with Gasteiger partial charge >= 0.3 is 5.57 Å². The van der Waals surface area contributed by atoms with Crippen molar-refractivity contribution in [3.63, 3.8) is 0 Å². The Labute approximate surface area is 359 Å². The molecule has 0 radical (unpaired) electrons. The first-order valence-corrected chi connectivity index (χ1v) is 21.6. The fourth-order valence-electron chi connectivity index (χ4n) is 8.40. The monoisotopic (exact) mass is 875 g/mol. The Morgan fingerprint density at radius 2 is 1.70 bits per heavy atom. The molecule has 4 aliphatic heterocycles. The highest BCUT2D eigenvalue weighted by molar-refractivity contribution is 7.99. The summed E-state index contributed by atoms with van der Waals surface area (Å²) in [5, 5.41) is 12.1. The maximum atomic E-state index is 13.4. The topological polar surface area (TPSA) is 173 Å². The molecule has 2 aromatic carbocycles. The van der Waals surface area contributed by atoms with Crippen molar-refractivity contribution >= 4 is 64.4 Å². The molecule has 19 heteroatoms. The van der Waals surface area contributed by atoms with Crippen LogP contribution in [0.25, 0.3) is 11.3 Å². The third-order valence-electron chi connectivity index (χ3n) is 11.5. The summed E-state index contributed by atoms with van der Waals surface area (Å²) in [6, 6.07) is 13.8. The molecule has 1 atom stereocenters. The van der Waals surface area contributed by atoms with Gasteiger partial charge in [-0.05, 0) is 92.9 Å². The minimum atomic E-state index is -3.84. The zero-order valence-electron chi connectivity index (χ0n) is 33.1. The number of amides is 5. The number of ether oxygens (including phenoxy) is 1. The molecule has 3 fully saturated rings. The number of piperazine rings is 1. The van der Waals surface area contributed by atoms with Gasteiger partial charge in [0, 0.05) is 91.9 Å². The third kappa shape index (κ3) is 9.72. The number of halogens is 3. The van der Waals surface area contributed by atoms with Gasteiger partial charge in [0.25, 0.3) is 17.7 Å². The number of nitrogens with one attached hydrogen (secondary N) is 3. The molecule has 8 rings (SSSR count). The highest BCUT2D eigenvalue weighted by atomic mass is 35.5. The lowest BCUT2D eigenvalue weighted by atomic mass is 10.0. The molecule has 3 saturated heterocycles. The largest absolute Gasteiger partial charge is 0.487 e. The Kier molecular flexibility index (Phi) is 12.7. The van der Waals surface area contributed by atoms with Crippen LogP contribution in [0.5, 0.6) is 5.75 Å². The molecule has 0 bridgehead atoms. The minimum absolute atomic E-state index is 0.0837. The van der Waals surface area contributed by atoms with Crippen molar-refractivity contribution < 1.29 is 37.5 Å². The number of hydrogen-bond acceptors (Lipinski definition) is 12. The Morgan fingerprint density at radius 3 is 2.41 bits per heavy atom. The lowest BCUT2D eigenvalue weighted by molar-refractivity contribution is -0.136. The molecule has 6 heterocycles. The Morgan fingerprint density at radius 1 is 0.934 bits per heavy atom. The molecule has 5 amide bonds. The van der Waals surface area contributed by atoms with E-state index in [2.05, 4.69) is 40.3 Å². The molecule has 0 spiro atoms. The summed E-state index contributed by atoms with van der Waals surface area (Å²) in [4.78, 5) is 77.8. The van der Waals surface area contributed by atoms with Crippen LogP contribution < -0.4 is 20.3 Å². The van der Waals surface area contributed by atoms with E-state index in [1.165, 1.54) is 30.5 Å². The number of carbonyl (C=O) groups excluding carboxylic acids is 5. The van der Waals surface area contributed by atoms with E-state index in [0.717, 1.165) is 104 Å². The molecule has 1 unspecified atom stereocenters. The number of imide groups is 2. The van der Waals surface area contributed by atoms with Gasteiger partial charge in [0.1, 0.15) is 17.6 Å². The first-order valence-electron chi connectivity index (χ1n) is 20.3. The summed E-state index contributed by atoms with van der Waals surface area (Å²) in [6.45, 7) is 6.55. The molecule has 3 N–H and O–H groups in total. The Balaban J connectivity index is 0.782. The van der Waals surface area contributed by atoms with E-state index in [1.807, 2.05) is 12.1 Å². The summed E-state index contributed by atoms with van der Waals surface area (Å²) in [7, 11) is 0. The van der Waals surface area contributed by atoms with Crippen molar-refractivity contribution in [1.82, 2.24) is 35.2 Å². The summed E-state index contributed by atoms with van der Waals surface area (Å²) >= 11 is 6.40. The second-order valence-corrected chi connectivity index (χ2v) is 16.9. The number of hydrogen-bond donors (Lipinski definition) is 3. The number of rotatable bonds is 14. The standard InChI is InChI=1S/C42H44ClF2N9O6S/c43-42(44,45)60-29-8-6-27(7-9-29)48-38(56)26-24-31(32-12-15-47-50-32)37(46-25-26)53-17-13-28(14-18-53)52-21-19-51(20-22-52)16-1-2-23-61-34-5-3-4-30-36(34)41(59)54(40(30)58)33-10-11-35(55)49-39(33)57/h3-9,12,15,24-25,28,33H,1-2,10-11,13-14,16-23H2,(H,47,50)(H,48,56)(H,49,55,57). The number of piperidine rings is 2. The summed E-state index contributed by atoms with van der Waals surface area (Å²) in [6.07, 6.45) is 7.29. The number of alkyl halides is 3. The van der Waals surface area contributed by atoms with E-state index in [-0.39, 0.29) is 18.6 Å². The minimum Gasteiger partial charge on any atom is -0.420 e. The van der Waals surface area contributed by atoms with Crippen molar-refractivity contribution in [3.8, 4) is 17.0 Å². The number of nitrogens with zero attached hydrogens (tertiary/aromatic N) is 6. The predicted octanol–water partition coefficient (Wildman–Crippen LogP) is 5.45. The highest BCUT2D eigenvalue weighted by Crippen LogP contribution is 2.36. The van der Waals surface area contributed by atoms with Crippen LogP contribution in [-0.4, -0.2) is 129 Å². The van der Waals surface area contributed by atoms with Crippen molar-refractivity contribution in [2.75, 3.05) is 61.8 Å². The average Bonchev–Trinajstić information content (AvgIpc) is 3.88. The van der Waals surface area contributed by atoms with Crippen LogP contribution in [0.3, 0.4) is 0 Å². The molecule has 15 nitrogen and oxygen atoms in total. The van der Waals surface area contributed by atoms with Crippen molar-refractivity contribution in [1.29, 1.82) is 0 Å². The van der Waals surface area contributed by atoms with Gasteiger partial charge in [-0.25, -0.2) is 4.98 Å². The van der Waals surface area contributed by atoms with E-state index in [0.29, 0.717) is 28.4 Å². The van der Waals surface area contributed by atoms with Crippen LogP contribution in [0.4, 0.5) is 20.3 Å². The maximum absolute atomic E-state index is 13.4. The molecule has 0 aliphatic carbocycles. The van der Waals surface area contributed by atoms with Crippen LogP contribution in [0.2, 0.25) is 0 Å². The van der Waals surface area contributed by atoms with Crippen LogP contribution in [0.15, 0.2) is 71.9 Å². The molecule has 320 valence electrons. The number of aromatic nitrogens is 3. The number of pyridine rings is 1. The van der Waals surface area contributed by atoms with E-state index < -0.39 is 41.1 Å². The summed E-state index contributed by atoms with van der Waals surface area (Å²) < 4.78 is 30.3. The maximum Gasteiger partial charge on any atom is 0.487 e. The van der Waals surface area contributed by atoms with Gasteiger partial charge in [0.15, 0.2) is 0 Å². The number of carbonyl (C=O) groups is 5. The average molecular weight is 876 g/mol. The van der Waals surface area contributed by atoms with Crippen molar-refractivity contribution in [3.05, 3.63) is 83.7 Å². The van der Waals surface area contributed by atoms with Crippen LogP contribution in [0.1, 0.15) is 69.6 Å². The zero-order chi connectivity index (χ0) is 42.7. The lowest BCUT2D eigenvalue weighted by Gasteiger charge is -2.43. The van der Waals surface area contributed by atoms with E-state index >= 15 is 0 Å². The SMILES string of the molecule is O=C1CCC(N2C(=O)c3cccc(SCCCCN4CCN(C5CCN(c6ncc(C(=O)Nc7ccc(OC(F)(F)Cl)cc7)cc6-c6ccn[nH]6)CC5)CC4)c3C2=O)C(=O)N1. The molecule has 4 aromatic rings. The summed E-state index contributed by atoms with van der Waals surface area (Å²) in [5.74, 6) is -0.991. The number of H-pyrrole nitrogens is 1. The first kappa shape index (κ1) is 42.3. The van der Waals surface area contributed by atoms with Gasteiger partial charge < -0.3 is 19.9 Å². The van der Waals surface area contributed by atoms with Gasteiger partial charge in [-0.2, -0.15) is 5.10 Å². The number of thioether (sulfide) groups is 1. The fraction of sp³-hybridized carbons (Fsp3) is 0.405. The quantitative estimate of drug-likeness (QED) is 0.0634. The second kappa shape index (κ2) is 18.3. The smallest absolute Gasteiger partial charge is 0.420 e. The van der Waals surface area contributed by atoms with Gasteiger partial charge in [0.05, 0.1) is 22.4 Å². The van der Waals surface area contributed by atoms with E-state index in [4.69, 9.17) is 16.6 Å². The summed E-state index contributed by atoms with van der Waals surface area (Å²) in [5.41, 5.74) is -1.01. The highest BCUT2D eigenvalue weighted by Gasteiger charge is 2.45. The predicted molar refractivity (Wildman–Crippen MR) is 224 cm³/mol. The number of benzene rings is 2. The van der Waals surface area contributed by atoms with Crippen molar-refractivity contribution in [2.24, 2.45) is 0 Å². The molecule has 2 aromatic heterocycles. The molecule has 0 saturated carbocycles. The fourth-order valence-corrected chi connectivity index (χ4v) is 9.57. The zero-order valence-corrected chi connectivity index (χ0v) is 34.7. The Hall–Kier alpha value is -5.43. The second-order valence-electron chi connectivity index (χ2n) is 15.4. The van der Waals surface area contributed by atoms with Crippen LogP contribution in [0, 0.1) is 0 Å². The Bertz CT molecular complexity index is 2280. The van der Waals surface area contributed by atoms with E-state index in [1.54, 1.807) is 36.2 Å².